The third kappa shape index (κ3) is 16.4. The fraction of sp³-hybridized carbons (Fsp3) is 0.871. The predicted octanol–water partition coefficient (Wildman–Crippen LogP) is 5.64. The van der Waals surface area contributed by atoms with E-state index >= 15 is 4.39 Å². The molecule has 1 rings (SSSR count). The average molecular weight is 605 g/mol. The van der Waals surface area contributed by atoms with Gasteiger partial charge < -0.3 is 28.8 Å². The Morgan fingerprint density at radius 1 is 0.667 bits per heavy atom. The fourth-order valence-corrected chi connectivity index (χ4v) is 5.09. The van der Waals surface area contributed by atoms with E-state index in [4.69, 9.17) is 23.7 Å². The molecule has 1 aliphatic rings. The Labute approximate surface area is 250 Å². The topological polar surface area (TPSA) is 135 Å². The van der Waals surface area contributed by atoms with Gasteiger partial charge in [-0.1, -0.05) is 96.8 Å². The first-order chi connectivity index (χ1) is 20.1. The van der Waals surface area contributed by atoms with Gasteiger partial charge in [-0.05, 0) is 6.42 Å². The van der Waals surface area contributed by atoms with Crippen molar-refractivity contribution in [2.24, 2.45) is 0 Å². The zero-order valence-corrected chi connectivity index (χ0v) is 26.0. The van der Waals surface area contributed by atoms with Gasteiger partial charge in [0.2, 0.25) is 0 Å². The molecule has 1 saturated heterocycles. The van der Waals surface area contributed by atoms with Crippen molar-refractivity contribution in [2.45, 2.75) is 167 Å². The summed E-state index contributed by atoms with van der Waals surface area (Å²) in [5, 5.41) is 10.3. The molecule has 0 spiro atoms. The molecule has 244 valence electrons. The van der Waals surface area contributed by atoms with Crippen molar-refractivity contribution in [3.05, 3.63) is 0 Å². The molecule has 1 unspecified atom stereocenters. The summed E-state index contributed by atoms with van der Waals surface area (Å²) < 4.78 is 40.8. The van der Waals surface area contributed by atoms with Crippen molar-refractivity contribution >= 4 is 23.9 Å². The van der Waals surface area contributed by atoms with E-state index in [1.54, 1.807) is 0 Å². The summed E-state index contributed by atoms with van der Waals surface area (Å²) >= 11 is 0. The molecule has 0 bridgehead atoms. The summed E-state index contributed by atoms with van der Waals surface area (Å²) in [4.78, 5) is 47.0. The number of aliphatic hydroxyl groups excluding tert-OH is 1. The summed E-state index contributed by atoms with van der Waals surface area (Å²) in [6.45, 7) is 4.68. The van der Waals surface area contributed by atoms with Crippen LogP contribution in [0.5, 0.6) is 0 Å². The number of hydrogen-bond acceptors (Lipinski definition) is 10. The molecular weight excluding hydrogens is 551 g/mol. The minimum Gasteiger partial charge on any atom is -0.462 e. The lowest BCUT2D eigenvalue weighted by molar-refractivity contribution is -0.301. The largest absolute Gasteiger partial charge is 0.462 e. The molecule has 0 aliphatic carbocycles. The number of hydrogen-bond donors (Lipinski definition) is 1. The van der Waals surface area contributed by atoms with Gasteiger partial charge in [-0.15, -0.1) is 0 Å². The number of alkyl halides is 1. The van der Waals surface area contributed by atoms with Crippen molar-refractivity contribution in [1.29, 1.82) is 0 Å². The number of aliphatic hydroxyl groups is 1. The van der Waals surface area contributed by atoms with Crippen LogP contribution in [0.3, 0.4) is 0 Å². The molecule has 1 heterocycles. The highest BCUT2D eigenvalue weighted by atomic mass is 19.1. The van der Waals surface area contributed by atoms with Crippen molar-refractivity contribution in [2.75, 3.05) is 6.61 Å². The second-order valence-corrected chi connectivity index (χ2v) is 11.1. The molecule has 1 aliphatic heterocycles. The minimum atomic E-state index is -2.04. The zero-order chi connectivity index (χ0) is 31.3. The van der Waals surface area contributed by atoms with Gasteiger partial charge in [0.15, 0.2) is 30.8 Å². The highest BCUT2D eigenvalue weighted by Crippen LogP contribution is 2.30. The Balaban J connectivity index is 2.35. The highest BCUT2D eigenvalue weighted by Gasteiger charge is 2.54. The van der Waals surface area contributed by atoms with Crippen LogP contribution in [0.2, 0.25) is 0 Å². The quantitative estimate of drug-likeness (QED) is 0.0939. The molecule has 11 heteroatoms. The lowest BCUT2D eigenvalue weighted by Gasteiger charge is -2.43. The van der Waals surface area contributed by atoms with E-state index in [1.807, 2.05) is 0 Å². The van der Waals surface area contributed by atoms with E-state index in [0.717, 1.165) is 40.0 Å². The van der Waals surface area contributed by atoms with Crippen LogP contribution < -0.4 is 0 Å². The summed E-state index contributed by atoms with van der Waals surface area (Å²) in [5.74, 6) is -3.10. The molecule has 1 N–H and O–H groups in total. The zero-order valence-electron chi connectivity index (χ0n) is 26.0. The maximum atomic E-state index is 15.2. The van der Waals surface area contributed by atoms with Gasteiger partial charge in [0.25, 0.3) is 0 Å². The summed E-state index contributed by atoms with van der Waals surface area (Å²) in [6, 6.07) is 0. The maximum Gasteiger partial charge on any atom is 0.305 e. The van der Waals surface area contributed by atoms with Crippen LogP contribution in [0.4, 0.5) is 4.39 Å². The minimum absolute atomic E-state index is 0.136. The van der Waals surface area contributed by atoms with Crippen molar-refractivity contribution < 1.29 is 52.4 Å². The first kappa shape index (κ1) is 37.8. The number of halogens is 1. The van der Waals surface area contributed by atoms with Crippen molar-refractivity contribution in [3.8, 4) is 0 Å². The molecule has 1 fully saturated rings. The van der Waals surface area contributed by atoms with Crippen molar-refractivity contribution in [3.63, 3.8) is 0 Å². The molecule has 0 aromatic rings. The van der Waals surface area contributed by atoms with Gasteiger partial charge in [-0.25, -0.2) is 4.39 Å². The molecule has 10 nitrogen and oxygen atoms in total. The third-order valence-electron chi connectivity index (χ3n) is 7.20. The SMILES string of the molecule is CCCCCCCCCCCCCCCCCC(=O)OC[C@H](F)[C@H]1OC(O)[C@@H](OC(C)=O)[C@@H](OC(C)=O)[C@@H]1OC(C)=O. The monoisotopic (exact) mass is 604 g/mol. The van der Waals surface area contributed by atoms with Crippen LogP contribution in [0, 0.1) is 0 Å². The summed E-state index contributed by atoms with van der Waals surface area (Å²) in [7, 11) is 0. The van der Waals surface area contributed by atoms with Crippen LogP contribution >= 0.6 is 0 Å². The van der Waals surface area contributed by atoms with E-state index in [2.05, 4.69) is 6.92 Å². The first-order valence-electron chi connectivity index (χ1n) is 15.7. The second kappa shape index (κ2) is 22.3. The molecular formula is C31H53FO10. The van der Waals surface area contributed by atoms with E-state index in [0.29, 0.717) is 6.42 Å². The Bertz CT molecular complexity index is 792. The average Bonchev–Trinajstić information content (AvgIpc) is 2.92. The third-order valence-corrected chi connectivity index (χ3v) is 7.20. The first-order valence-corrected chi connectivity index (χ1v) is 15.7. The Kier molecular flexibility index (Phi) is 20.0. The van der Waals surface area contributed by atoms with Gasteiger partial charge >= 0.3 is 23.9 Å². The van der Waals surface area contributed by atoms with Crippen LogP contribution in [0.15, 0.2) is 0 Å². The van der Waals surface area contributed by atoms with Gasteiger partial charge in [0.05, 0.1) is 0 Å². The normalized spacial score (nSPS) is 22.7. The Morgan fingerprint density at radius 3 is 1.52 bits per heavy atom. The number of esters is 4. The van der Waals surface area contributed by atoms with Gasteiger partial charge in [-0.3, -0.25) is 19.2 Å². The number of carbonyl (C=O) groups is 4. The predicted molar refractivity (Wildman–Crippen MR) is 153 cm³/mol. The molecule has 42 heavy (non-hydrogen) atoms. The van der Waals surface area contributed by atoms with E-state index < -0.39 is 67.4 Å². The van der Waals surface area contributed by atoms with Gasteiger partial charge in [0.1, 0.15) is 12.7 Å². The maximum absolute atomic E-state index is 15.2. The molecule has 0 aromatic carbocycles. The molecule has 0 amide bonds. The second-order valence-electron chi connectivity index (χ2n) is 11.1. The molecule has 6 atom stereocenters. The lowest BCUT2D eigenvalue weighted by atomic mass is 9.95. The van der Waals surface area contributed by atoms with Crippen LogP contribution in [0.25, 0.3) is 0 Å². The number of unbranched alkanes of at least 4 members (excludes halogenated alkanes) is 14. The van der Waals surface area contributed by atoms with Crippen LogP contribution in [-0.4, -0.2) is 72.5 Å². The van der Waals surface area contributed by atoms with Crippen LogP contribution in [-0.2, 0) is 42.9 Å². The standard InChI is InChI=1S/C31H53FO10/c1-5-6-7-8-9-10-11-12-13-14-15-16-17-18-19-20-26(36)38-21-25(32)27-28(39-22(2)33)29(40-23(3)34)30(31(37)42-27)41-24(4)35/h25,27-31,37H,5-21H2,1-4H3/t25-,27+,28+,29-,30-,31?/m0/s1. The highest BCUT2D eigenvalue weighted by molar-refractivity contribution is 5.69. The lowest BCUT2D eigenvalue weighted by Crippen LogP contribution is -2.63. The van der Waals surface area contributed by atoms with E-state index in [9.17, 15) is 24.3 Å². The molecule has 0 saturated carbocycles. The summed E-state index contributed by atoms with van der Waals surface area (Å²) in [5.41, 5.74) is 0. The van der Waals surface area contributed by atoms with Gasteiger partial charge in [0, 0.05) is 27.2 Å². The summed E-state index contributed by atoms with van der Waals surface area (Å²) in [6.07, 6.45) is 7.93. The smallest absolute Gasteiger partial charge is 0.305 e. The fourth-order valence-electron chi connectivity index (χ4n) is 5.09. The molecule has 0 radical (unpaired) electrons. The van der Waals surface area contributed by atoms with Crippen molar-refractivity contribution in [1.82, 2.24) is 0 Å². The van der Waals surface area contributed by atoms with Crippen LogP contribution in [0.1, 0.15) is 130 Å². The number of carbonyl (C=O) groups excluding carboxylic acids is 4. The molecule has 0 aromatic heterocycles. The van der Waals surface area contributed by atoms with E-state index in [1.165, 1.54) is 70.6 Å². The van der Waals surface area contributed by atoms with Gasteiger partial charge in [-0.2, -0.15) is 0 Å². The Hall–Kier alpha value is -2.27. The van der Waals surface area contributed by atoms with E-state index in [-0.39, 0.29) is 6.42 Å². The number of rotatable bonds is 22. The number of ether oxygens (including phenoxy) is 5. The Morgan fingerprint density at radius 2 is 1.07 bits per heavy atom.